The van der Waals surface area contributed by atoms with Gasteiger partial charge in [-0.15, -0.1) is 0 Å². The van der Waals surface area contributed by atoms with Crippen LogP contribution in [0.2, 0.25) is 0 Å². The van der Waals surface area contributed by atoms with Crippen LogP contribution in [-0.4, -0.2) is 11.7 Å². The highest BCUT2D eigenvalue weighted by molar-refractivity contribution is 5.31. The molecule has 0 saturated heterocycles. The topological polar surface area (TPSA) is 38.7 Å². The number of benzene rings is 1. The lowest BCUT2D eigenvalue weighted by atomic mass is 10.2. The van der Waals surface area contributed by atoms with Gasteiger partial charge in [0.1, 0.15) is 5.75 Å². The first kappa shape index (κ1) is 11.9. The molecule has 0 amide bonds. The molecule has 3 nitrogen and oxygen atoms in total. The molecule has 0 aliphatic carbocycles. The second-order valence-corrected chi connectivity index (χ2v) is 3.46. The summed E-state index contributed by atoms with van der Waals surface area (Å²) in [5, 5.41) is 9.15. The Balaban J connectivity index is 2.10. The maximum Gasteiger partial charge on any atom is 0.169 e. The first-order valence-electron chi connectivity index (χ1n) is 5.41. The molecule has 0 aliphatic rings. The molecule has 0 atom stereocenters. The van der Waals surface area contributed by atoms with Gasteiger partial charge in [0.05, 0.1) is 6.61 Å². The van der Waals surface area contributed by atoms with Crippen LogP contribution < -0.4 is 4.89 Å². The SMILES string of the molecule is CCCCCCOOc1cccc(O)c1. The summed E-state index contributed by atoms with van der Waals surface area (Å²) in [6.07, 6.45) is 4.62. The predicted octanol–water partition coefficient (Wildman–Crippen LogP) is 3.28. The van der Waals surface area contributed by atoms with E-state index in [2.05, 4.69) is 6.92 Å². The highest BCUT2D eigenvalue weighted by Crippen LogP contribution is 2.17. The fraction of sp³-hybridized carbons (Fsp3) is 0.500. The van der Waals surface area contributed by atoms with Gasteiger partial charge in [-0.1, -0.05) is 32.3 Å². The van der Waals surface area contributed by atoms with E-state index >= 15 is 0 Å². The largest absolute Gasteiger partial charge is 0.508 e. The van der Waals surface area contributed by atoms with Crippen molar-refractivity contribution >= 4 is 0 Å². The molecule has 1 rings (SSSR count). The van der Waals surface area contributed by atoms with Crippen LogP contribution in [0.3, 0.4) is 0 Å². The number of hydrogen-bond acceptors (Lipinski definition) is 3. The van der Waals surface area contributed by atoms with Crippen LogP contribution in [0.1, 0.15) is 32.6 Å². The van der Waals surface area contributed by atoms with Crippen molar-refractivity contribution in [2.24, 2.45) is 0 Å². The molecule has 3 heteroatoms. The summed E-state index contributed by atoms with van der Waals surface area (Å²) in [5.41, 5.74) is 0. The number of phenols is 1. The second-order valence-electron chi connectivity index (χ2n) is 3.46. The van der Waals surface area contributed by atoms with Crippen LogP contribution in [0.4, 0.5) is 0 Å². The average Bonchev–Trinajstić information content (AvgIpc) is 2.23. The highest BCUT2D eigenvalue weighted by atomic mass is 17.2. The van der Waals surface area contributed by atoms with Gasteiger partial charge in [0.25, 0.3) is 0 Å². The van der Waals surface area contributed by atoms with Crippen molar-refractivity contribution in [3.63, 3.8) is 0 Å². The van der Waals surface area contributed by atoms with Gasteiger partial charge in [-0.25, -0.2) is 0 Å². The van der Waals surface area contributed by atoms with Crippen LogP contribution in [0.15, 0.2) is 24.3 Å². The summed E-state index contributed by atoms with van der Waals surface area (Å²) in [4.78, 5) is 10.0. The molecule has 84 valence electrons. The summed E-state index contributed by atoms with van der Waals surface area (Å²) in [6, 6.07) is 6.57. The molecule has 0 spiro atoms. The molecular weight excluding hydrogens is 192 g/mol. The van der Waals surface area contributed by atoms with Crippen molar-refractivity contribution in [3.05, 3.63) is 24.3 Å². The zero-order valence-corrected chi connectivity index (χ0v) is 9.11. The van der Waals surface area contributed by atoms with E-state index in [0.29, 0.717) is 12.4 Å². The molecular formula is C12H18O3. The van der Waals surface area contributed by atoms with Gasteiger partial charge in [0.2, 0.25) is 0 Å². The maximum atomic E-state index is 9.15. The lowest BCUT2D eigenvalue weighted by Gasteiger charge is -2.04. The van der Waals surface area contributed by atoms with Crippen LogP contribution in [-0.2, 0) is 4.89 Å². The fourth-order valence-electron chi connectivity index (χ4n) is 1.23. The monoisotopic (exact) mass is 210 g/mol. The van der Waals surface area contributed by atoms with Crippen LogP contribution in [0.25, 0.3) is 0 Å². The van der Waals surface area contributed by atoms with Crippen molar-refractivity contribution in [2.75, 3.05) is 6.61 Å². The molecule has 1 N–H and O–H groups in total. The van der Waals surface area contributed by atoms with Crippen molar-refractivity contribution in [2.45, 2.75) is 32.6 Å². The van der Waals surface area contributed by atoms with E-state index in [9.17, 15) is 0 Å². The number of hydrogen-bond donors (Lipinski definition) is 1. The first-order chi connectivity index (χ1) is 7.33. The van der Waals surface area contributed by atoms with Gasteiger partial charge in [-0.3, -0.25) is 0 Å². The third-order valence-corrected chi connectivity index (χ3v) is 2.05. The normalized spacial score (nSPS) is 10.2. The minimum absolute atomic E-state index is 0.182. The van der Waals surface area contributed by atoms with Crippen molar-refractivity contribution in [3.8, 4) is 11.5 Å². The van der Waals surface area contributed by atoms with Gasteiger partial charge in [-0.05, 0) is 18.6 Å². The first-order valence-corrected chi connectivity index (χ1v) is 5.41. The van der Waals surface area contributed by atoms with Crippen LogP contribution in [0.5, 0.6) is 11.5 Å². The molecule has 0 heterocycles. The maximum absolute atomic E-state index is 9.15. The number of phenolic OH excluding ortho intramolecular Hbond substituents is 1. The van der Waals surface area contributed by atoms with E-state index in [1.807, 2.05) is 0 Å². The summed E-state index contributed by atoms with van der Waals surface area (Å²) < 4.78 is 0. The Kier molecular flexibility index (Phi) is 5.63. The number of unbranched alkanes of at least 4 members (excludes halogenated alkanes) is 3. The molecule has 1 aromatic carbocycles. The summed E-state index contributed by atoms with van der Waals surface area (Å²) >= 11 is 0. The average molecular weight is 210 g/mol. The smallest absolute Gasteiger partial charge is 0.169 e. The molecule has 0 fully saturated rings. The standard InChI is InChI=1S/C12H18O3/c1-2-3-4-5-9-14-15-12-8-6-7-11(13)10-12/h6-8,10,13H,2-5,9H2,1H3. The Morgan fingerprint density at radius 3 is 2.80 bits per heavy atom. The Morgan fingerprint density at radius 2 is 2.07 bits per heavy atom. The minimum atomic E-state index is 0.182. The lowest BCUT2D eigenvalue weighted by molar-refractivity contribution is -0.207. The molecule has 1 aromatic rings. The Morgan fingerprint density at radius 1 is 1.20 bits per heavy atom. The molecule has 0 radical (unpaired) electrons. The second kappa shape index (κ2) is 7.12. The van der Waals surface area contributed by atoms with E-state index in [1.54, 1.807) is 18.2 Å². The minimum Gasteiger partial charge on any atom is -0.508 e. The van der Waals surface area contributed by atoms with Gasteiger partial charge in [0.15, 0.2) is 5.75 Å². The Labute approximate surface area is 90.6 Å². The van der Waals surface area contributed by atoms with Gasteiger partial charge in [-0.2, -0.15) is 4.89 Å². The summed E-state index contributed by atoms with van der Waals surface area (Å²) in [7, 11) is 0. The van der Waals surface area contributed by atoms with Crippen molar-refractivity contribution in [1.29, 1.82) is 0 Å². The van der Waals surface area contributed by atoms with Crippen molar-refractivity contribution < 1.29 is 14.9 Å². The van der Waals surface area contributed by atoms with Crippen molar-refractivity contribution in [1.82, 2.24) is 0 Å². The molecule has 0 aliphatic heterocycles. The van der Waals surface area contributed by atoms with E-state index in [-0.39, 0.29) is 5.75 Å². The summed E-state index contributed by atoms with van der Waals surface area (Å²) in [5.74, 6) is 0.715. The fourth-order valence-corrected chi connectivity index (χ4v) is 1.23. The van der Waals surface area contributed by atoms with E-state index < -0.39 is 0 Å². The van der Waals surface area contributed by atoms with E-state index in [1.165, 1.54) is 25.3 Å². The molecule has 0 saturated carbocycles. The molecule has 15 heavy (non-hydrogen) atoms. The van der Waals surface area contributed by atoms with Gasteiger partial charge in [0, 0.05) is 6.07 Å². The third-order valence-electron chi connectivity index (χ3n) is 2.05. The molecule has 0 aromatic heterocycles. The van der Waals surface area contributed by atoms with Gasteiger partial charge >= 0.3 is 0 Å². The zero-order valence-electron chi connectivity index (χ0n) is 9.11. The van der Waals surface area contributed by atoms with Gasteiger partial charge < -0.3 is 9.99 Å². The zero-order chi connectivity index (χ0) is 10.9. The quantitative estimate of drug-likeness (QED) is 0.426. The van der Waals surface area contributed by atoms with Crippen LogP contribution in [0, 0.1) is 0 Å². The Bertz CT molecular complexity index is 273. The predicted molar refractivity (Wildman–Crippen MR) is 58.8 cm³/mol. The number of aromatic hydroxyl groups is 1. The number of rotatable bonds is 7. The highest BCUT2D eigenvalue weighted by Gasteiger charge is 1.96. The van der Waals surface area contributed by atoms with E-state index in [4.69, 9.17) is 14.9 Å². The third kappa shape index (κ3) is 5.27. The lowest BCUT2D eigenvalue weighted by Crippen LogP contribution is -1.99. The molecule has 0 bridgehead atoms. The van der Waals surface area contributed by atoms with Crippen LogP contribution >= 0.6 is 0 Å². The Hall–Kier alpha value is -1.22. The van der Waals surface area contributed by atoms with E-state index in [0.717, 1.165) is 6.42 Å². The molecule has 0 unspecified atom stereocenters. The summed E-state index contributed by atoms with van der Waals surface area (Å²) in [6.45, 7) is 2.76.